The van der Waals surface area contributed by atoms with Crippen molar-refractivity contribution in [1.82, 2.24) is 14.5 Å². The molecule has 5 rings (SSSR count). The van der Waals surface area contributed by atoms with Crippen molar-refractivity contribution < 1.29 is 4.79 Å². The molecule has 0 fully saturated rings. The van der Waals surface area contributed by atoms with Crippen LogP contribution in [0.1, 0.15) is 15.9 Å². The average molecular weight is 440 g/mol. The number of carbonyl (C=O) groups is 1. The fraction of sp³-hybridized carbons (Fsp3) is 0.0417. The van der Waals surface area contributed by atoms with Crippen molar-refractivity contribution in [2.24, 2.45) is 5.73 Å². The number of aromatic amines is 2. The molecule has 9 nitrogen and oxygen atoms in total. The highest BCUT2D eigenvalue weighted by molar-refractivity contribution is 5.94. The Labute approximate surface area is 184 Å². The van der Waals surface area contributed by atoms with Gasteiger partial charge >= 0.3 is 0 Å². The molecule has 2 heterocycles. The number of nitrogens with zero attached hydrogens (tertiary/aromatic N) is 1. The molecule has 0 saturated heterocycles. The second-order valence-electron chi connectivity index (χ2n) is 7.62. The molecular weight excluding hydrogens is 424 g/mol. The number of hydrogen-bond donors (Lipinski definition) is 3. The van der Waals surface area contributed by atoms with Gasteiger partial charge in [0.1, 0.15) is 21.8 Å². The van der Waals surface area contributed by atoms with Gasteiger partial charge in [0, 0.05) is 18.0 Å². The van der Waals surface area contributed by atoms with Crippen LogP contribution in [0.2, 0.25) is 0 Å². The van der Waals surface area contributed by atoms with Crippen LogP contribution in [0.25, 0.3) is 32.9 Å². The van der Waals surface area contributed by atoms with Gasteiger partial charge in [-0.05, 0) is 34.9 Å². The summed E-state index contributed by atoms with van der Waals surface area (Å²) >= 11 is 0. The predicted octanol–water partition coefficient (Wildman–Crippen LogP) is 1.14. The van der Waals surface area contributed by atoms with E-state index in [9.17, 15) is 24.0 Å². The molecule has 0 saturated carbocycles. The molecule has 5 aromatic rings. The Morgan fingerprint density at radius 2 is 1.36 bits per heavy atom. The molecular formula is C24H16N4O5. The number of nitrogens with two attached hydrogens (primary N) is 1. The number of carbonyl (C=O) groups excluding carboxylic acids is 1. The molecule has 3 aromatic carbocycles. The Morgan fingerprint density at radius 3 is 1.91 bits per heavy atom. The van der Waals surface area contributed by atoms with Crippen molar-refractivity contribution >= 4 is 27.7 Å². The van der Waals surface area contributed by atoms with Crippen molar-refractivity contribution in [1.29, 1.82) is 0 Å². The van der Waals surface area contributed by atoms with Crippen molar-refractivity contribution in [2.75, 3.05) is 0 Å². The van der Waals surface area contributed by atoms with Gasteiger partial charge < -0.3 is 15.7 Å². The Hall–Kier alpha value is -4.79. The molecule has 0 atom stereocenters. The first-order valence-corrected chi connectivity index (χ1v) is 9.98. The Bertz CT molecular complexity index is 1720. The SMILES string of the molecule is NC(=O)c1ccc(-c2cccc(Cn3c(=O)c4c(=O)c5[nH]cc[nH]c5c(=O)c4c3=O)c2)cc1. The van der Waals surface area contributed by atoms with E-state index in [1.165, 1.54) is 12.4 Å². The third-order valence-electron chi connectivity index (χ3n) is 5.64. The van der Waals surface area contributed by atoms with Crippen LogP contribution in [0.15, 0.2) is 80.1 Å². The Balaban J connectivity index is 1.63. The first-order chi connectivity index (χ1) is 15.9. The zero-order valence-electron chi connectivity index (χ0n) is 17.0. The highest BCUT2D eigenvalue weighted by Crippen LogP contribution is 2.21. The largest absolute Gasteiger partial charge is 0.366 e. The second kappa shape index (κ2) is 7.41. The quantitative estimate of drug-likeness (QED) is 0.383. The van der Waals surface area contributed by atoms with E-state index in [0.717, 1.165) is 15.7 Å². The normalized spacial score (nSPS) is 11.3. The number of aromatic nitrogens is 3. The summed E-state index contributed by atoms with van der Waals surface area (Å²) < 4.78 is 0.904. The Morgan fingerprint density at radius 1 is 0.788 bits per heavy atom. The summed E-state index contributed by atoms with van der Waals surface area (Å²) in [6.45, 7) is -0.109. The topological polar surface area (TPSA) is 148 Å². The van der Waals surface area contributed by atoms with Crippen molar-refractivity contribution in [2.45, 2.75) is 6.54 Å². The second-order valence-corrected chi connectivity index (χ2v) is 7.62. The molecule has 33 heavy (non-hydrogen) atoms. The third kappa shape index (κ3) is 3.14. The first-order valence-electron chi connectivity index (χ1n) is 9.98. The van der Waals surface area contributed by atoms with Crippen LogP contribution in [0, 0.1) is 0 Å². The van der Waals surface area contributed by atoms with Gasteiger partial charge in [0.2, 0.25) is 16.8 Å². The van der Waals surface area contributed by atoms with Gasteiger partial charge in [0.25, 0.3) is 11.1 Å². The standard InChI is InChI=1S/C24H16N4O5/c25-22(31)14-6-4-13(5-7-14)15-3-1-2-12(10-15)11-28-23(32)16-17(24(28)33)21(30)19-18(20(16)29)26-8-9-27-19/h1-10,26-27H,11H2,(H2,25,31). The van der Waals surface area contributed by atoms with Gasteiger partial charge in [0.15, 0.2) is 0 Å². The van der Waals surface area contributed by atoms with Crippen LogP contribution < -0.4 is 27.7 Å². The van der Waals surface area contributed by atoms with Crippen LogP contribution in [-0.4, -0.2) is 20.4 Å². The lowest BCUT2D eigenvalue weighted by Crippen LogP contribution is -2.27. The minimum atomic E-state index is -0.799. The highest BCUT2D eigenvalue weighted by Gasteiger charge is 2.22. The molecule has 9 heteroatoms. The van der Waals surface area contributed by atoms with Gasteiger partial charge in [0.05, 0.1) is 6.54 Å². The van der Waals surface area contributed by atoms with Crippen LogP contribution in [0.5, 0.6) is 0 Å². The van der Waals surface area contributed by atoms with Crippen LogP contribution in [-0.2, 0) is 6.54 Å². The molecule has 0 spiro atoms. The lowest BCUT2D eigenvalue weighted by molar-refractivity contribution is 0.100. The van der Waals surface area contributed by atoms with Crippen LogP contribution in [0.4, 0.5) is 0 Å². The van der Waals surface area contributed by atoms with E-state index in [4.69, 9.17) is 5.73 Å². The summed E-state index contributed by atoms with van der Waals surface area (Å²) in [7, 11) is 0. The number of H-pyrrole nitrogens is 2. The fourth-order valence-corrected chi connectivity index (χ4v) is 4.00. The lowest BCUT2D eigenvalue weighted by atomic mass is 10.0. The summed E-state index contributed by atoms with van der Waals surface area (Å²) in [4.78, 5) is 68.2. The zero-order chi connectivity index (χ0) is 23.3. The van der Waals surface area contributed by atoms with E-state index in [1.807, 2.05) is 6.07 Å². The van der Waals surface area contributed by atoms with E-state index in [2.05, 4.69) is 9.97 Å². The highest BCUT2D eigenvalue weighted by atomic mass is 16.2. The molecule has 0 aliphatic carbocycles. The van der Waals surface area contributed by atoms with Gasteiger partial charge in [-0.15, -0.1) is 0 Å². The van der Waals surface area contributed by atoms with Crippen LogP contribution >= 0.6 is 0 Å². The molecule has 162 valence electrons. The van der Waals surface area contributed by atoms with Gasteiger partial charge in [-0.2, -0.15) is 0 Å². The lowest BCUT2D eigenvalue weighted by Gasteiger charge is -2.06. The zero-order valence-corrected chi connectivity index (χ0v) is 17.0. The molecule has 0 radical (unpaired) electrons. The molecule has 4 N–H and O–H groups in total. The van der Waals surface area contributed by atoms with Crippen LogP contribution in [0.3, 0.4) is 0 Å². The molecule has 0 aliphatic heterocycles. The monoisotopic (exact) mass is 440 g/mol. The smallest absolute Gasteiger partial charge is 0.266 e. The fourth-order valence-electron chi connectivity index (χ4n) is 4.00. The number of nitrogens with one attached hydrogen (secondary N) is 2. The van der Waals surface area contributed by atoms with E-state index in [-0.39, 0.29) is 17.6 Å². The van der Waals surface area contributed by atoms with E-state index < -0.39 is 38.7 Å². The molecule has 0 unspecified atom stereocenters. The summed E-state index contributed by atoms with van der Waals surface area (Å²) in [5.41, 5.74) is 4.80. The summed E-state index contributed by atoms with van der Waals surface area (Å²) in [6, 6.07) is 13.8. The molecule has 2 aromatic heterocycles. The van der Waals surface area contributed by atoms with Gasteiger partial charge in [-0.3, -0.25) is 28.5 Å². The molecule has 1 amide bonds. The minimum absolute atomic E-state index is 0.0503. The summed E-state index contributed by atoms with van der Waals surface area (Å²) in [5.74, 6) is -0.528. The number of benzene rings is 3. The third-order valence-corrected chi connectivity index (χ3v) is 5.64. The maximum Gasteiger partial charge on any atom is 0.266 e. The maximum absolute atomic E-state index is 13.0. The van der Waals surface area contributed by atoms with E-state index >= 15 is 0 Å². The van der Waals surface area contributed by atoms with Crippen molar-refractivity contribution in [3.63, 3.8) is 0 Å². The van der Waals surface area contributed by atoms with Gasteiger partial charge in [-0.1, -0.05) is 30.3 Å². The number of rotatable bonds is 4. The number of hydrogen-bond acceptors (Lipinski definition) is 5. The van der Waals surface area contributed by atoms with Crippen molar-refractivity contribution in [3.8, 4) is 11.1 Å². The minimum Gasteiger partial charge on any atom is -0.366 e. The van der Waals surface area contributed by atoms with Crippen molar-refractivity contribution in [3.05, 3.63) is 113 Å². The van der Waals surface area contributed by atoms with Gasteiger partial charge in [-0.25, -0.2) is 0 Å². The number of primary amides is 1. The summed E-state index contributed by atoms with van der Waals surface area (Å²) in [5, 5.41) is -0.821. The number of fused-ring (bicyclic) bond motifs is 2. The van der Waals surface area contributed by atoms with E-state index in [1.54, 1.807) is 42.5 Å². The predicted molar refractivity (Wildman–Crippen MR) is 124 cm³/mol. The van der Waals surface area contributed by atoms with E-state index in [0.29, 0.717) is 11.1 Å². The number of amides is 1. The summed E-state index contributed by atoms with van der Waals surface area (Å²) in [6.07, 6.45) is 2.85. The maximum atomic E-state index is 13.0. The average Bonchev–Trinajstić information content (AvgIpc) is 3.08. The Kier molecular flexibility index (Phi) is 4.52. The first kappa shape index (κ1) is 20.1. The molecule has 0 bridgehead atoms. The molecule has 0 aliphatic rings.